The SMILES string of the molecule is CCOC(=O)c1ccc(C)c(NC(=O)C(CC)N(c2ccc(OC)cc2)S(C)(=O)=O)c1. The molecule has 0 radical (unpaired) electrons. The van der Waals surface area contributed by atoms with Gasteiger partial charge in [0.15, 0.2) is 0 Å². The molecule has 1 atom stereocenters. The summed E-state index contributed by atoms with van der Waals surface area (Å²) in [6.07, 6.45) is 1.29. The van der Waals surface area contributed by atoms with E-state index in [2.05, 4.69) is 5.32 Å². The molecule has 0 spiro atoms. The largest absolute Gasteiger partial charge is 0.497 e. The zero-order valence-electron chi connectivity index (χ0n) is 18.3. The van der Waals surface area contributed by atoms with E-state index < -0.39 is 27.9 Å². The monoisotopic (exact) mass is 448 g/mol. The molecule has 1 unspecified atom stereocenters. The molecule has 2 aromatic carbocycles. The lowest BCUT2D eigenvalue weighted by molar-refractivity contribution is -0.117. The van der Waals surface area contributed by atoms with E-state index in [-0.39, 0.29) is 13.0 Å². The molecule has 0 aliphatic rings. The number of esters is 1. The number of nitrogens with zero attached hydrogens (tertiary/aromatic N) is 1. The Bertz CT molecular complexity index is 1030. The van der Waals surface area contributed by atoms with Gasteiger partial charge in [-0.2, -0.15) is 0 Å². The van der Waals surface area contributed by atoms with Crippen LogP contribution in [0.1, 0.15) is 36.2 Å². The normalized spacial score (nSPS) is 12.0. The molecule has 0 aromatic heterocycles. The highest BCUT2D eigenvalue weighted by atomic mass is 32.2. The summed E-state index contributed by atoms with van der Waals surface area (Å²) in [7, 11) is -2.26. The summed E-state index contributed by atoms with van der Waals surface area (Å²) in [6.45, 7) is 5.45. The molecular weight excluding hydrogens is 420 g/mol. The molecule has 2 rings (SSSR count). The lowest BCUT2D eigenvalue weighted by Crippen LogP contribution is -2.47. The van der Waals surface area contributed by atoms with Crippen molar-refractivity contribution in [2.24, 2.45) is 0 Å². The van der Waals surface area contributed by atoms with Crippen LogP contribution in [-0.2, 0) is 19.6 Å². The van der Waals surface area contributed by atoms with Crippen LogP contribution in [-0.4, -0.2) is 46.3 Å². The minimum Gasteiger partial charge on any atom is -0.497 e. The quantitative estimate of drug-likeness (QED) is 0.590. The van der Waals surface area contributed by atoms with Crippen molar-refractivity contribution in [2.75, 3.05) is 29.6 Å². The molecule has 0 saturated heterocycles. The molecule has 0 bridgehead atoms. The van der Waals surface area contributed by atoms with Crippen molar-refractivity contribution < 1.29 is 27.5 Å². The van der Waals surface area contributed by atoms with Crippen LogP contribution in [0.2, 0.25) is 0 Å². The molecule has 0 heterocycles. The topological polar surface area (TPSA) is 102 Å². The minimum atomic E-state index is -3.77. The lowest BCUT2D eigenvalue weighted by atomic mass is 10.1. The Hall–Kier alpha value is -3.07. The van der Waals surface area contributed by atoms with Gasteiger partial charge in [0.1, 0.15) is 11.8 Å². The van der Waals surface area contributed by atoms with E-state index in [1.165, 1.54) is 13.2 Å². The molecule has 0 saturated carbocycles. The van der Waals surface area contributed by atoms with Crippen molar-refractivity contribution in [3.8, 4) is 5.75 Å². The molecule has 31 heavy (non-hydrogen) atoms. The Morgan fingerprint density at radius 3 is 2.26 bits per heavy atom. The number of ether oxygens (including phenoxy) is 2. The smallest absolute Gasteiger partial charge is 0.338 e. The summed E-state index contributed by atoms with van der Waals surface area (Å²) in [5, 5.41) is 2.77. The summed E-state index contributed by atoms with van der Waals surface area (Å²) >= 11 is 0. The second kappa shape index (κ2) is 10.3. The maximum Gasteiger partial charge on any atom is 0.338 e. The van der Waals surface area contributed by atoms with Gasteiger partial charge in [0.25, 0.3) is 0 Å². The number of anilines is 2. The van der Waals surface area contributed by atoms with Crippen molar-refractivity contribution in [2.45, 2.75) is 33.2 Å². The fraction of sp³-hybridized carbons (Fsp3) is 0.364. The number of aryl methyl sites for hydroxylation is 1. The number of carbonyl (C=O) groups is 2. The van der Waals surface area contributed by atoms with Crippen molar-refractivity contribution in [3.63, 3.8) is 0 Å². The third-order valence-electron chi connectivity index (χ3n) is 4.66. The highest BCUT2D eigenvalue weighted by molar-refractivity contribution is 7.92. The van der Waals surface area contributed by atoms with Crippen molar-refractivity contribution in [1.29, 1.82) is 0 Å². The van der Waals surface area contributed by atoms with Crippen LogP contribution in [0.5, 0.6) is 5.75 Å². The summed E-state index contributed by atoms with van der Waals surface area (Å²) < 4.78 is 36.4. The standard InChI is InChI=1S/C22H28N2O6S/c1-6-20(24(31(5,27)28)17-10-12-18(29-4)13-11-17)21(25)23-19-14-16(9-8-15(19)3)22(26)30-7-2/h8-14,20H,6-7H2,1-5H3,(H,23,25). The Balaban J connectivity index is 2.38. The Morgan fingerprint density at radius 2 is 1.74 bits per heavy atom. The zero-order valence-corrected chi connectivity index (χ0v) is 19.2. The molecule has 1 N–H and O–H groups in total. The van der Waals surface area contributed by atoms with E-state index in [0.29, 0.717) is 22.7 Å². The molecule has 1 amide bonds. The average molecular weight is 449 g/mol. The van der Waals surface area contributed by atoms with Gasteiger partial charge < -0.3 is 14.8 Å². The van der Waals surface area contributed by atoms with E-state index in [1.54, 1.807) is 57.2 Å². The van der Waals surface area contributed by atoms with Gasteiger partial charge in [0.05, 0.1) is 31.2 Å². The van der Waals surface area contributed by atoms with E-state index in [0.717, 1.165) is 16.1 Å². The fourth-order valence-electron chi connectivity index (χ4n) is 3.10. The first-order valence-corrected chi connectivity index (χ1v) is 11.7. The Morgan fingerprint density at radius 1 is 1.10 bits per heavy atom. The number of sulfonamides is 1. The van der Waals surface area contributed by atoms with Crippen LogP contribution in [0.25, 0.3) is 0 Å². The summed E-state index contributed by atoms with van der Waals surface area (Å²) in [5.41, 5.74) is 1.79. The Labute approximate surface area is 183 Å². The molecule has 0 aliphatic carbocycles. The first-order chi connectivity index (χ1) is 14.6. The van der Waals surface area contributed by atoms with Gasteiger partial charge in [-0.05, 0) is 62.2 Å². The maximum atomic E-state index is 13.1. The van der Waals surface area contributed by atoms with Crippen LogP contribution >= 0.6 is 0 Å². The van der Waals surface area contributed by atoms with E-state index in [4.69, 9.17) is 9.47 Å². The van der Waals surface area contributed by atoms with Gasteiger partial charge in [-0.25, -0.2) is 13.2 Å². The first kappa shape index (κ1) is 24.2. The number of carbonyl (C=O) groups excluding carboxylic acids is 2. The lowest BCUT2D eigenvalue weighted by Gasteiger charge is -2.30. The van der Waals surface area contributed by atoms with Gasteiger partial charge in [0.2, 0.25) is 15.9 Å². The molecule has 168 valence electrons. The highest BCUT2D eigenvalue weighted by Gasteiger charge is 2.32. The minimum absolute atomic E-state index is 0.234. The van der Waals surface area contributed by atoms with E-state index >= 15 is 0 Å². The van der Waals surface area contributed by atoms with Gasteiger partial charge in [0, 0.05) is 5.69 Å². The summed E-state index contributed by atoms with van der Waals surface area (Å²) in [6, 6.07) is 10.3. The summed E-state index contributed by atoms with van der Waals surface area (Å²) in [4.78, 5) is 25.2. The highest BCUT2D eigenvalue weighted by Crippen LogP contribution is 2.26. The number of hydrogen-bond donors (Lipinski definition) is 1. The maximum absolute atomic E-state index is 13.1. The molecular formula is C22H28N2O6S. The van der Waals surface area contributed by atoms with Crippen LogP contribution in [0.3, 0.4) is 0 Å². The first-order valence-electron chi connectivity index (χ1n) is 9.84. The Kier molecular flexibility index (Phi) is 8.04. The van der Waals surface area contributed by atoms with Crippen LogP contribution in [0.15, 0.2) is 42.5 Å². The van der Waals surface area contributed by atoms with Crippen molar-refractivity contribution in [1.82, 2.24) is 0 Å². The van der Waals surface area contributed by atoms with Gasteiger partial charge in [-0.15, -0.1) is 0 Å². The second-order valence-electron chi connectivity index (χ2n) is 6.92. The fourth-order valence-corrected chi connectivity index (χ4v) is 4.32. The number of nitrogens with one attached hydrogen (secondary N) is 1. The van der Waals surface area contributed by atoms with Crippen LogP contribution < -0.4 is 14.4 Å². The molecule has 8 nitrogen and oxygen atoms in total. The van der Waals surface area contributed by atoms with Crippen molar-refractivity contribution in [3.05, 3.63) is 53.6 Å². The molecule has 0 aliphatic heterocycles. The third kappa shape index (κ3) is 5.97. The zero-order chi connectivity index (χ0) is 23.2. The number of amides is 1. The van der Waals surface area contributed by atoms with Gasteiger partial charge in [-0.1, -0.05) is 13.0 Å². The van der Waals surface area contributed by atoms with Gasteiger partial charge in [-0.3, -0.25) is 9.10 Å². The second-order valence-corrected chi connectivity index (χ2v) is 8.78. The number of benzene rings is 2. The third-order valence-corrected chi connectivity index (χ3v) is 5.84. The van der Waals surface area contributed by atoms with Gasteiger partial charge >= 0.3 is 5.97 Å². The number of hydrogen-bond acceptors (Lipinski definition) is 6. The average Bonchev–Trinajstić information content (AvgIpc) is 2.72. The number of rotatable bonds is 9. The van der Waals surface area contributed by atoms with Crippen LogP contribution in [0.4, 0.5) is 11.4 Å². The number of methoxy groups -OCH3 is 1. The molecule has 2 aromatic rings. The van der Waals surface area contributed by atoms with E-state index in [9.17, 15) is 18.0 Å². The summed E-state index contributed by atoms with van der Waals surface area (Å²) in [5.74, 6) is -0.435. The predicted molar refractivity (Wildman–Crippen MR) is 120 cm³/mol. The predicted octanol–water partition coefficient (Wildman–Crippen LogP) is 3.36. The molecule has 9 heteroatoms. The van der Waals surface area contributed by atoms with Crippen molar-refractivity contribution >= 4 is 33.3 Å². The molecule has 0 fully saturated rings. The van der Waals surface area contributed by atoms with Crippen LogP contribution in [0, 0.1) is 6.92 Å². The van der Waals surface area contributed by atoms with E-state index in [1.807, 2.05) is 0 Å².